The van der Waals surface area contributed by atoms with Crippen molar-refractivity contribution in [2.24, 2.45) is 9.98 Å². The van der Waals surface area contributed by atoms with E-state index in [1.54, 1.807) is 0 Å². The molecule has 0 bridgehead atoms. The van der Waals surface area contributed by atoms with Gasteiger partial charge in [0.2, 0.25) is 0 Å². The standard InChI is InChI=1S/C83H138N2.Ni/c1-5-9-13-16-18-20-22-24-26-28-30-32-34-36-38-40-42-44-46-48-50-52-54-56-58-61-63-70-78-72-66-68-75-80(78)84-82(74-12-8-4)83(77-65-60-15-11-7-3)85-81-76-69-67-73-79(81)71-64-62-59-57-55-53-51-49-47-45-43-41-39-37-35-33-31-29-27-25-23-21-19-17-14-10-6-2;/h66-69,72-73,75-76H,5-57,60,63-64,70-71,74H2,1-4H3;. The number of para-hydroxylation sites is 2. The van der Waals surface area contributed by atoms with Gasteiger partial charge in [0.25, 0.3) is 0 Å². The molecule has 0 saturated carbocycles. The maximum Gasteiger partial charge on any atom is 0.135 e. The van der Waals surface area contributed by atoms with Gasteiger partial charge in [-0.05, 0) is 74.1 Å². The summed E-state index contributed by atoms with van der Waals surface area (Å²) in [4.78, 5) is 10.8. The van der Waals surface area contributed by atoms with Crippen molar-refractivity contribution >= 4 is 22.8 Å². The zero-order valence-electron chi connectivity index (χ0n) is 57.5. The summed E-state index contributed by atoms with van der Waals surface area (Å²) < 4.78 is 0. The normalized spacial score (nSPS) is 11.4. The first kappa shape index (κ1) is 81.0. The molecule has 0 N–H and O–H groups in total. The minimum Gasteiger partial charge on any atom is -0.250 e. The first-order chi connectivity index (χ1) is 42.2. The van der Waals surface area contributed by atoms with Gasteiger partial charge in [-0.3, -0.25) is 4.99 Å². The SMILES string of the molecule is CCCCCC#CC(=Nc1ccccc1CCC#CCCCCCCCCCCCCCCCCCCCCCCCCC)C(CCCC)=Nc1ccccc1CCC#CCCCCCCCCCCCCCCCCCCCCCCCCC.[Ni]. The Morgan fingerprint density at radius 3 is 0.837 bits per heavy atom. The van der Waals surface area contributed by atoms with Gasteiger partial charge < -0.3 is 0 Å². The third-order valence-corrected chi connectivity index (χ3v) is 17.7. The number of unbranched alkanes of at least 4 members (excludes halogenated alkanes) is 50. The van der Waals surface area contributed by atoms with E-state index in [0.717, 1.165) is 93.4 Å². The maximum absolute atomic E-state index is 5.43. The summed E-state index contributed by atoms with van der Waals surface area (Å²) in [5, 5.41) is 0. The fraction of sp³-hybridized carbons (Fsp3) is 0.759. The zero-order chi connectivity index (χ0) is 60.5. The van der Waals surface area contributed by atoms with Crippen molar-refractivity contribution in [3.8, 4) is 35.5 Å². The Morgan fingerprint density at radius 1 is 0.267 bits per heavy atom. The van der Waals surface area contributed by atoms with Crippen LogP contribution in [-0.2, 0) is 29.3 Å². The van der Waals surface area contributed by atoms with Crippen LogP contribution in [0.3, 0.4) is 0 Å². The smallest absolute Gasteiger partial charge is 0.135 e. The Morgan fingerprint density at radius 2 is 0.512 bits per heavy atom. The van der Waals surface area contributed by atoms with Crippen LogP contribution < -0.4 is 0 Å². The quantitative estimate of drug-likeness (QED) is 0.0273. The molecule has 0 radical (unpaired) electrons. The second-order valence-electron chi connectivity index (χ2n) is 25.9. The molecule has 3 heteroatoms. The number of rotatable bonds is 59. The summed E-state index contributed by atoms with van der Waals surface area (Å²) in [5.74, 6) is 21.2. The molecule has 0 aliphatic heterocycles. The van der Waals surface area contributed by atoms with Gasteiger partial charge >= 0.3 is 0 Å². The van der Waals surface area contributed by atoms with Crippen molar-refractivity contribution in [3.63, 3.8) is 0 Å². The van der Waals surface area contributed by atoms with Crippen LogP contribution in [0.2, 0.25) is 0 Å². The summed E-state index contributed by atoms with van der Waals surface area (Å²) in [6.45, 7) is 9.14. The molecular formula is C83H138N2Ni. The first-order valence-corrected chi connectivity index (χ1v) is 38.0. The molecular weight excluding hydrogens is 1080 g/mol. The van der Waals surface area contributed by atoms with Gasteiger partial charge in [-0.25, -0.2) is 4.99 Å². The van der Waals surface area contributed by atoms with E-state index in [0.29, 0.717) is 0 Å². The summed E-state index contributed by atoms with van der Waals surface area (Å²) in [5.41, 5.74) is 6.38. The monoisotopic (exact) mass is 1220 g/mol. The molecule has 0 aliphatic carbocycles. The Balaban J connectivity index is 0.0000370. The van der Waals surface area contributed by atoms with Gasteiger partial charge in [0.05, 0.1) is 17.1 Å². The molecule has 0 atom stereocenters. The van der Waals surface area contributed by atoms with Crippen LogP contribution in [0.25, 0.3) is 0 Å². The van der Waals surface area contributed by atoms with E-state index in [4.69, 9.17) is 9.98 Å². The van der Waals surface area contributed by atoms with Crippen LogP contribution in [-0.4, -0.2) is 11.4 Å². The Bertz CT molecular complexity index is 2030. The van der Waals surface area contributed by atoms with Gasteiger partial charge in [0.1, 0.15) is 5.71 Å². The average molecular weight is 1220 g/mol. The van der Waals surface area contributed by atoms with E-state index in [1.807, 2.05) is 0 Å². The van der Waals surface area contributed by atoms with E-state index in [-0.39, 0.29) is 16.5 Å². The van der Waals surface area contributed by atoms with Gasteiger partial charge in [0.15, 0.2) is 0 Å². The van der Waals surface area contributed by atoms with E-state index in [9.17, 15) is 0 Å². The second kappa shape index (κ2) is 66.4. The van der Waals surface area contributed by atoms with Crippen LogP contribution >= 0.6 is 0 Å². The van der Waals surface area contributed by atoms with Crippen LogP contribution in [0.1, 0.15) is 405 Å². The molecule has 0 saturated heterocycles. The first-order valence-electron chi connectivity index (χ1n) is 38.0. The van der Waals surface area contributed by atoms with Gasteiger partial charge in [-0.1, -0.05) is 372 Å². The Labute approximate surface area is 547 Å². The molecule has 86 heavy (non-hydrogen) atoms. The van der Waals surface area contributed by atoms with Crippen molar-refractivity contribution in [3.05, 3.63) is 59.7 Å². The van der Waals surface area contributed by atoms with Crippen molar-refractivity contribution in [2.75, 3.05) is 0 Å². The fourth-order valence-corrected chi connectivity index (χ4v) is 12.0. The maximum atomic E-state index is 5.43. The predicted molar refractivity (Wildman–Crippen MR) is 384 cm³/mol. The molecule has 0 fully saturated rings. The third-order valence-electron chi connectivity index (χ3n) is 17.7. The van der Waals surface area contributed by atoms with Crippen molar-refractivity contribution in [1.29, 1.82) is 0 Å². The molecule has 0 spiro atoms. The summed E-state index contributed by atoms with van der Waals surface area (Å²) in [6.07, 6.45) is 78.6. The largest absolute Gasteiger partial charge is 0.250 e. The van der Waals surface area contributed by atoms with Crippen LogP contribution in [0.15, 0.2) is 58.5 Å². The minimum atomic E-state index is 0. The Hall–Kier alpha value is -3.05. The van der Waals surface area contributed by atoms with Crippen LogP contribution in [0.4, 0.5) is 11.4 Å². The number of aliphatic imine (C=N–C) groups is 2. The summed E-state index contributed by atoms with van der Waals surface area (Å²) in [6, 6.07) is 17.4. The molecule has 2 aromatic carbocycles. The minimum absolute atomic E-state index is 0. The molecule has 2 rings (SSSR count). The number of hydrogen-bond acceptors (Lipinski definition) is 2. The molecule has 490 valence electrons. The van der Waals surface area contributed by atoms with Crippen molar-refractivity contribution < 1.29 is 16.5 Å². The van der Waals surface area contributed by atoms with Crippen molar-refractivity contribution in [2.45, 2.75) is 407 Å². The number of aryl methyl sites for hydroxylation is 2. The fourth-order valence-electron chi connectivity index (χ4n) is 12.0. The predicted octanol–water partition coefficient (Wildman–Crippen LogP) is 27.9. The van der Waals surface area contributed by atoms with Crippen LogP contribution in [0.5, 0.6) is 0 Å². The third kappa shape index (κ3) is 51.8. The zero-order valence-corrected chi connectivity index (χ0v) is 58.5. The van der Waals surface area contributed by atoms with Crippen LogP contribution in [0, 0.1) is 35.5 Å². The summed E-state index contributed by atoms with van der Waals surface area (Å²) in [7, 11) is 0. The second-order valence-corrected chi connectivity index (χ2v) is 25.9. The number of nitrogens with zero attached hydrogens (tertiary/aromatic N) is 2. The van der Waals surface area contributed by atoms with E-state index in [1.165, 1.54) is 319 Å². The molecule has 0 unspecified atom stereocenters. The molecule has 2 aromatic rings. The van der Waals surface area contributed by atoms with Crippen molar-refractivity contribution in [1.82, 2.24) is 0 Å². The summed E-state index contributed by atoms with van der Waals surface area (Å²) >= 11 is 0. The average Bonchev–Trinajstić information content (AvgIpc) is 3.39. The number of benzene rings is 2. The Kier molecular flexibility index (Phi) is 62.5. The molecule has 0 amide bonds. The molecule has 0 heterocycles. The molecule has 0 aliphatic rings. The molecule has 2 nitrogen and oxygen atoms in total. The number of hydrogen-bond donors (Lipinski definition) is 0. The van der Waals surface area contributed by atoms with E-state index in [2.05, 4.69) is 112 Å². The topological polar surface area (TPSA) is 24.7 Å². The van der Waals surface area contributed by atoms with E-state index < -0.39 is 0 Å². The van der Waals surface area contributed by atoms with Gasteiger partial charge in [0, 0.05) is 48.6 Å². The van der Waals surface area contributed by atoms with E-state index >= 15 is 0 Å². The van der Waals surface area contributed by atoms with Gasteiger partial charge in [-0.15, -0.1) is 23.7 Å². The molecule has 0 aromatic heterocycles. The van der Waals surface area contributed by atoms with Gasteiger partial charge in [-0.2, -0.15) is 0 Å².